The van der Waals surface area contributed by atoms with Crippen LogP contribution in [0.1, 0.15) is 10.5 Å². The molecule has 1 amide bonds. The van der Waals surface area contributed by atoms with Gasteiger partial charge in [0, 0.05) is 6.20 Å². The molecule has 4 N–H and O–H groups in total. The number of nitrogens with zero attached hydrogens (tertiary/aromatic N) is 3. The summed E-state index contributed by atoms with van der Waals surface area (Å²) >= 11 is 0. The number of primary amides is 1. The van der Waals surface area contributed by atoms with Crippen LogP contribution in [0, 0.1) is 0 Å². The van der Waals surface area contributed by atoms with Crippen molar-refractivity contribution < 1.29 is 4.79 Å². The van der Waals surface area contributed by atoms with Gasteiger partial charge in [-0.1, -0.05) is 0 Å². The molecule has 2 heterocycles. The van der Waals surface area contributed by atoms with Crippen LogP contribution in [0.3, 0.4) is 0 Å². The zero-order chi connectivity index (χ0) is 10.8. The van der Waals surface area contributed by atoms with Gasteiger partial charge < -0.3 is 11.5 Å². The van der Waals surface area contributed by atoms with Gasteiger partial charge in [-0.3, -0.25) is 4.79 Å². The Labute approximate surface area is 85.5 Å². The van der Waals surface area contributed by atoms with Crippen molar-refractivity contribution in [3.8, 4) is 5.82 Å². The zero-order valence-electron chi connectivity index (χ0n) is 7.79. The number of hydrogen-bond acceptors (Lipinski definition) is 4. The van der Waals surface area contributed by atoms with E-state index in [2.05, 4.69) is 10.1 Å². The molecule has 6 heteroatoms. The van der Waals surface area contributed by atoms with Gasteiger partial charge in [0.05, 0.1) is 11.9 Å². The normalized spacial score (nSPS) is 10.1. The van der Waals surface area contributed by atoms with Crippen LogP contribution in [-0.2, 0) is 0 Å². The summed E-state index contributed by atoms with van der Waals surface area (Å²) in [5.74, 6) is 0.0147. The van der Waals surface area contributed by atoms with E-state index < -0.39 is 5.91 Å². The van der Waals surface area contributed by atoms with Crippen molar-refractivity contribution in [1.82, 2.24) is 14.8 Å². The SMILES string of the molecule is NC(=O)c1ccn(-c2ccc(N)cn2)n1. The maximum Gasteiger partial charge on any atom is 0.269 e. The first-order chi connectivity index (χ1) is 7.16. The molecule has 0 saturated carbocycles. The van der Waals surface area contributed by atoms with E-state index in [0.717, 1.165) is 0 Å². The third-order valence-electron chi connectivity index (χ3n) is 1.85. The highest BCUT2D eigenvalue weighted by Crippen LogP contribution is 2.06. The Morgan fingerprint density at radius 2 is 2.13 bits per heavy atom. The van der Waals surface area contributed by atoms with Gasteiger partial charge >= 0.3 is 0 Å². The molecule has 2 rings (SSSR count). The van der Waals surface area contributed by atoms with Crippen molar-refractivity contribution in [3.05, 3.63) is 36.3 Å². The van der Waals surface area contributed by atoms with Crippen molar-refractivity contribution >= 4 is 11.6 Å². The summed E-state index contributed by atoms with van der Waals surface area (Å²) in [6.07, 6.45) is 3.12. The smallest absolute Gasteiger partial charge is 0.269 e. The van der Waals surface area contributed by atoms with E-state index in [0.29, 0.717) is 11.5 Å². The number of anilines is 1. The topological polar surface area (TPSA) is 99.8 Å². The predicted molar refractivity (Wildman–Crippen MR) is 54.3 cm³/mol. The molecule has 76 valence electrons. The lowest BCUT2D eigenvalue weighted by Gasteiger charge is -1.99. The molecule has 0 fully saturated rings. The molecule has 0 aliphatic heterocycles. The summed E-state index contributed by atoms with van der Waals surface area (Å²) in [6.45, 7) is 0. The highest BCUT2D eigenvalue weighted by molar-refractivity contribution is 5.90. The number of amides is 1. The minimum Gasteiger partial charge on any atom is -0.397 e. The summed E-state index contributed by atoms with van der Waals surface area (Å²) in [5, 5.41) is 3.95. The molecular weight excluding hydrogens is 194 g/mol. The Kier molecular flexibility index (Phi) is 2.09. The van der Waals surface area contributed by atoms with Gasteiger partial charge in [0.15, 0.2) is 5.82 Å². The molecule has 0 unspecified atom stereocenters. The summed E-state index contributed by atoms with van der Waals surface area (Å²) in [7, 11) is 0. The molecule has 0 bridgehead atoms. The van der Waals surface area contributed by atoms with Gasteiger partial charge in [0.1, 0.15) is 5.69 Å². The van der Waals surface area contributed by atoms with E-state index in [1.165, 1.54) is 16.9 Å². The van der Waals surface area contributed by atoms with E-state index in [-0.39, 0.29) is 5.69 Å². The fourth-order valence-electron chi connectivity index (χ4n) is 1.12. The average molecular weight is 203 g/mol. The largest absolute Gasteiger partial charge is 0.397 e. The van der Waals surface area contributed by atoms with Gasteiger partial charge in [-0.15, -0.1) is 0 Å². The van der Waals surface area contributed by atoms with Crippen LogP contribution in [0.4, 0.5) is 5.69 Å². The van der Waals surface area contributed by atoms with Crippen LogP contribution in [0.2, 0.25) is 0 Å². The molecule has 0 aliphatic carbocycles. The zero-order valence-corrected chi connectivity index (χ0v) is 7.79. The predicted octanol–water partition coefficient (Wildman–Crippen LogP) is -0.0516. The Hall–Kier alpha value is -2.37. The van der Waals surface area contributed by atoms with Crippen molar-refractivity contribution in [3.63, 3.8) is 0 Å². The molecule has 0 radical (unpaired) electrons. The van der Waals surface area contributed by atoms with Crippen LogP contribution < -0.4 is 11.5 Å². The number of pyridine rings is 1. The van der Waals surface area contributed by atoms with Gasteiger partial charge in [-0.05, 0) is 18.2 Å². The number of aromatic nitrogens is 3. The first kappa shape index (κ1) is 9.20. The molecule has 0 aliphatic rings. The van der Waals surface area contributed by atoms with E-state index in [1.54, 1.807) is 18.3 Å². The van der Waals surface area contributed by atoms with E-state index in [9.17, 15) is 4.79 Å². The second-order valence-corrected chi connectivity index (χ2v) is 2.96. The highest BCUT2D eigenvalue weighted by atomic mass is 16.1. The lowest BCUT2D eigenvalue weighted by molar-refractivity contribution is 0.0995. The number of nitrogens with two attached hydrogens (primary N) is 2. The van der Waals surface area contributed by atoms with Crippen LogP contribution >= 0.6 is 0 Å². The van der Waals surface area contributed by atoms with Crippen LogP contribution in [0.5, 0.6) is 0 Å². The maximum absolute atomic E-state index is 10.8. The molecule has 15 heavy (non-hydrogen) atoms. The summed E-state index contributed by atoms with van der Waals surface area (Å²) < 4.78 is 1.46. The minimum absolute atomic E-state index is 0.202. The number of rotatable bonds is 2. The standard InChI is InChI=1S/C9H9N5O/c10-6-1-2-8(12-5-6)14-4-3-7(13-14)9(11)15/h1-5H,10H2,(H2,11,15). The Bertz CT molecular complexity index is 487. The number of nitrogen functional groups attached to an aromatic ring is 1. The first-order valence-electron chi connectivity index (χ1n) is 4.24. The molecule has 0 aromatic carbocycles. The van der Waals surface area contributed by atoms with Crippen LogP contribution in [0.15, 0.2) is 30.6 Å². The fraction of sp³-hybridized carbons (Fsp3) is 0. The number of hydrogen-bond donors (Lipinski definition) is 2. The monoisotopic (exact) mass is 203 g/mol. The second kappa shape index (κ2) is 3.41. The molecule has 6 nitrogen and oxygen atoms in total. The van der Waals surface area contributed by atoms with Crippen molar-refractivity contribution in [2.24, 2.45) is 5.73 Å². The number of carbonyl (C=O) groups excluding carboxylic acids is 1. The van der Waals surface area contributed by atoms with E-state index in [4.69, 9.17) is 11.5 Å². The van der Waals surface area contributed by atoms with E-state index in [1.807, 2.05) is 0 Å². The van der Waals surface area contributed by atoms with Crippen molar-refractivity contribution in [2.75, 3.05) is 5.73 Å². The highest BCUT2D eigenvalue weighted by Gasteiger charge is 2.05. The maximum atomic E-state index is 10.8. The third-order valence-corrected chi connectivity index (χ3v) is 1.85. The minimum atomic E-state index is -0.566. The number of carbonyl (C=O) groups is 1. The van der Waals surface area contributed by atoms with E-state index >= 15 is 0 Å². The lowest BCUT2D eigenvalue weighted by Crippen LogP contribution is -2.12. The molecule has 2 aromatic heterocycles. The van der Waals surface area contributed by atoms with Crippen molar-refractivity contribution in [1.29, 1.82) is 0 Å². The van der Waals surface area contributed by atoms with Crippen LogP contribution in [0.25, 0.3) is 5.82 Å². The lowest BCUT2D eigenvalue weighted by atomic mass is 10.4. The van der Waals surface area contributed by atoms with Gasteiger partial charge in [0.2, 0.25) is 0 Å². The molecule has 0 saturated heterocycles. The fourth-order valence-corrected chi connectivity index (χ4v) is 1.12. The Morgan fingerprint density at radius 1 is 1.33 bits per heavy atom. The molecular formula is C9H9N5O. The first-order valence-corrected chi connectivity index (χ1v) is 4.24. The van der Waals surface area contributed by atoms with Gasteiger partial charge in [-0.2, -0.15) is 5.10 Å². The quantitative estimate of drug-likeness (QED) is 0.714. The third kappa shape index (κ3) is 1.78. The van der Waals surface area contributed by atoms with Gasteiger partial charge in [-0.25, -0.2) is 9.67 Å². The molecule has 0 spiro atoms. The molecule has 2 aromatic rings. The summed E-state index contributed by atoms with van der Waals surface area (Å²) in [4.78, 5) is 14.9. The van der Waals surface area contributed by atoms with Crippen LogP contribution in [-0.4, -0.2) is 20.7 Å². The van der Waals surface area contributed by atoms with Crippen molar-refractivity contribution in [2.45, 2.75) is 0 Å². The molecule has 0 atom stereocenters. The Morgan fingerprint density at radius 3 is 2.67 bits per heavy atom. The second-order valence-electron chi connectivity index (χ2n) is 2.96. The summed E-state index contributed by atoms with van der Waals surface area (Å²) in [5.41, 5.74) is 11.3. The Balaban J connectivity index is 2.37. The average Bonchev–Trinajstić information content (AvgIpc) is 2.68. The summed E-state index contributed by atoms with van der Waals surface area (Å²) in [6, 6.07) is 4.93. The van der Waals surface area contributed by atoms with Gasteiger partial charge in [0.25, 0.3) is 5.91 Å².